The molecule has 2 aromatic heterocycles. The molecule has 2 heterocycles. The van der Waals surface area contributed by atoms with Gasteiger partial charge in [0.1, 0.15) is 5.65 Å². The van der Waals surface area contributed by atoms with Crippen LogP contribution in [-0.4, -0.2) is 22.7 Å². The first kappa shape index (κ1) is 10.5. The van der Waals surface area contributed by atoms with E-state index in [1.807, 2.05) is 18.3 Å². The standard InChI is InChI=1S/C11H13N3O2/c1-2-16-11(15)14-7-8-5-9-3-4-12-10(9)13-6-8/h3-6H,2,7H2,1H3,(H,12,13)(H,14,15). The van der Waals surface area contributed by atoms with Gasteiger partial charge >= 0.3 is 6.09 Å². The average molecular weight is 219 g/mol. The van der Waals surface area contributed by atoms with E-state index in [0.29, 0.717) is 13.2 Å². The first-order chi connectivity index (χ1) is 7.79. The summed E-state index contributed by atoms with van der Waals surface area (Å²) in [6.07, 6.45) is 3.15. The van der Waals surface area contributed by atoms with Crippen molar-refractivity contribution in [2.45, 2.75) is 13.5 Å². The maximum absolute atomic E-state index is 11.1. The van der Waals surface area contributed by atoms with Crippen LogP contribution in [0, 0.1) is 0 Å². The fourth-order valence-corrected chi connectivity index (χ4v) is 1.44. The number of H-pyrrole nitrogens is 1. The third-order valence-corrected chi connectivity index (χ3v) is 2.17. The third kappa shape index (κ3) is 2.31. The van der Waals surface area contributed by atoms with Crippen LogP contribution in [0.5, 0.6) is 0 Å². The summed E-state index contributed by atoms with van der Waals surface area (Å²) in [5.74, 6) is 0. The summed E-state index contributed by atoms with van der Waals surface area (Å²) >= 11 is 0. The summed E-state index contributed by atoms with van der Waals surface area (Å²) in [5, 5.41) is 3.68. The van der Waals surface area contributed by atoms with Crippen molar-refractivity contribution in [1.82, 2.24) is 15.3 Å². The first-order valence-corrected chi connectivity index (χ1v) is 5.12. The summed E-state index contributed by atoms with van der Waals surface area (Å²) in [6, 6.07) is 3.92. The molecule has 0 spiro atoms. The smallest absolute Gasteiger partial charge is 0.407 e. The fraction of sp³-hybridized carbons (Fsp3) is 0.273. The summed E-state index contributed by atoms with van der Waals surface area (Å²) in [6.45, 7) is 2.57. The monoisotopic (exact) mass is 219 g/mol. The number of carbonyl (C=O) groups is 1. The van der Waals surface area contributed by atoms with Crippen LogP contribution in [0.4, 0.5) is 4.79 Å². The lowest BCUT2D eigenvalue weighted by atomic mass is 10.2. The van der Waals surface area contributed by atoms with Crippen LogP contribution in [0.25, 0.3) is 11.0 Å². The number of nitrogens with one attached hydrogen (secondary N) is 2. The maximum atomic E-state index is 11.1. The Balaban J connectivity index is 2.01. The molecule has 0 saturated carbocycles. The number of hydrogen-bond donors (Lipinski definition) is 2. The maximum Gasteiger partial charge on any atom is 0.407 e. The Morgan fingerprint density at radius 3 is 3.31 bits per heavy atom. The van der Waals surface area contributed by atoms with Crippen molar-refractivity contribution in [3.63, 3.8) is 0 Å². The summed E-state index contributed by atoms with van der Waals surface area (Å²) < 4.78 is 4.76. The van der Waals surface area contributed by atoms with E-state index in [-0.39, 0.29) is 0 Å². The van der Waals surface area contributed by atoms with Crippen LogP contribution in [0.3, 0.4) is 0 Å². The van der Waals surface area contributed by atoms with Gasteiger partial charge in [0.25, 0.3) is 0 Å². The third-order valence-electron chi connectivity index (χ3n) is 2.17. The summed E-state index contributed by atoms with van der Waals surface area (Å²) in [4.78, 5) is 18.3. The van der Waals surface area contributed by atoms with E-state index >= 15 is 0 Å². The van der Waals surface area contributed by atoms with Crippen molar-refractivity contribution in [2.75, 3.05) is 6.61 Å². The van der Waals surface area contributed by atoms with Crippen molar-refractivity contribution >= 4 is 17.1 Å². The van der Waals surface area contributed by atoms with Gasteiger partial charge in [0.2, 0.25) is 0 Å². The second-order valence-electron chi connectivity index (χ2n) is 3.33. The lowest BCUT2D eigenvalue weighted by Gasteiger charge is -2.04. The Bertz CT molecular complexity index is 493. The van der Waals surface area contributed by atoms with Gasteiger partial charge in [-0.1, -0.05) is 0 Å². The number of ether oxygens (including phenoxy) is 1. The number of aromatic amines is 1. The Hall–Kier alpha value is -2.04. The van der Waals surface area contributed by atoms with Gasteiger partial charge in [-0.15, -0.1) is 0 Å². The highest BCUT2D eigenvalue weighted by Crippen LogP contribution is 2.10. The number of amides is 1. The molecule has 0 fully saturated rings. The Morgan fingerprint density at radius 1 is 1.62 bits per heavy atom. The molecule has 84 valence electrons. The molecule has 0 bridgehead atoms. The Kier molecular flexibility index (Phi) is 3.05. The predicted octanol–water partition coefficient (Wildman–Crippen LogP) is 1.81. The molecule has 0 saturated heterocycles. The van der Waals surface area contributed by atoms with E-state index in [0.717, 1.165) is 16.6 Å². The molecule has 2 aromatic rings. The van der Waals surface area contributed by atoms with E-state index in [2.05, 4.69) is 15.3 Å². The zero-order valence-corrected chi connectivity index (χ0v) is 8.99. The molecule has 0 atom stereocenters. The molecule has 0 aliphatic carbocycles. The van der Waals surface area contributed by atoms with Gasteiger partial charge in [-0.05, 0) is 24.6 Å². The van der Waals surface area contributed by atoms with E-state index in [1.165, 1.54) is 0 Å². The minimum absolute atomic E-state index is 0.376. The average Bonchev–Trinajstić information content (AvgIpc) is 2.74. The van der Waals surface area contributed by atoms with Crippen molar-refractivity contribution in [1.29, 1.82) is 0 Å². The lowest BCUT2D eigenvalue weighted by molar-refractivity contribution is 0.151. The first-order valence-electron chi connectivity index (χ1n) is 5.12. The minimum Gasteiger partial charge on any atom is -0.450 e. The van der Waals surface area contributed by atoms with Crippen LogP contribution >= 0.6 is 0 Å². The molecule has 0 radical (unpaired) electrons. The van der Waals surface area contributed by atoms with Gasteiger partial charge < -0.3 is 15.0 Å². The van der Waals surface area contributed by atoms with E-state index in [4.69, 9.17) is 4.74 Å². The predicted molar refractivity (Wildman–Crippen MR) is 60.0 cm³/mol. The highest BCUT2D eigenvalue weighted by atomic mass is 16.5. The fourth-order valence-electron chi connectivity index (χ4n) is 1.44. The molecule has 0 aliphatic rings. The van der Waals surface area contributed by atoms with Crippen LogP contribution in [0.2, 0.25) is 0 Å². The Morgan fingerprint density at radius 2 is 2.50 bits per heavy atom. The number of rotatable bonds is 3. The molecule has 1 amide bonds. The number of nitrogens with zero attached hydrogens (tertiary/aromatic N) is 1. The molecule has 2 N–H and O–H groups in total. The molecule has 2 rings (SSSR count). The zero-order valence-electron chi connectivity index (χ0n) is 8.99. The topological polar surface area (TPSA) is 67.0 Å². The number of fused-ring (bicyclic) bond motifs is 1. The SMILES string of the molecule is CCOC(=O)NCc1cnc2[nH]ccc2c1. The van der Waals surface area contributed by atoms with Crippen LogP contribution < -0.4 is 5.32 Å². The molecular weight excluding hydrogens is 206 g/mol. The quantitative estimate of drug-likeness (QED) is 0.827. The molecule has 0 unspecified atom stereocenters. The van der Waals surface area contributed by atoms with Crippen molar-refractivity contribution < 1.29 is 9.53 Å². The number of aromatic nitrogens is 2. The number of carbonyl (C=O) groups excluding carboxylic acids is 1. The Labute approximate surface area is 92.8 Å². The van der Waals surface area contributed by atoms with Crippen LogP contribution in [0.15, 0.2) is 24.5 Å². The van der Waals surface area contributed by atoms with Gasteiger partial charge in [-0.2, -0.15) is 0 Å². The van der Waals surface area contributed by atoms with Gasteiger partial charge in [0.15, 0.2) is 0 Å². The molecule has 0 aliphatic heterocycles. The van der Waals surface area contributed by atoms with Crippen molar-refractivity contribution in [2.24, 2.45) is 0 Å². The van der Waals surface area contributed by atoms with Gasteiger partial charge in [-0.25, -0.2) is 9.78 Å². The van der Waals surface area contributed by atoms with E-state index in [9.17, 15) is 4.79 Å². The summed E-state index contributed by atoms with van der Waals surface area (Å²) in [5.41, 5.74) is 1.79. The second kappa shape index (κ2) is 4.65. The highest BCUT2D eigenvalue weighted by molar-refractivity contribution is 5.75. The highest BCUT2D eigenvalue weighted by Gasteiger charge is 2.02. The van der Waals surface area contributed by atoms with Crippen molar-refractivity contribution in [3.05, 3.63) is 30.1 Å². The molecular formula is C11H13N3O2. The second-order valence-corrected chi connectivity index (χ2v) is 3.33. The lowest BCUT2D eigenvalue weighted by Crippen LogP contribution is -2.23. The normalized spacial score (nSPS) is 10.3. The van der Waals surface area contributed by atoms with Crippen LogP contribution in [0.1, 0.15) is 12.5 Å². The van der Waals surface area contributed by atoms with Gasteiger partial charge in [0.05, 0.1) is 6.61 Å². The number of hydrogen-bond acceptors (Lipinski definition) is 3. The van der Waals surface area contributed by atoms with E-state index in [1.54, 1.807) is 13.1 Å². The minimum atomic E-state index is -0.406. The largest absolute Gasteiger partial charge is 0.450 e. The van der Waals surface area contributed by atoms with Crippen molar-refractivity contribution in [3.8, 4) is 0 Å². The van der Waals surface area contributed by atoms with Gasteiger partial charge in [0, 0.05) is 24.3 Å². The van der Waals surface area contributed by atoms with Gasteiger partial charge in [-0.3, -0.25) is 0 Å². The van der Waals surface area contributed by atoms with E-state index < -0.39 is 6.09 Å². The number of alkyl carbamates (subject to hydrolysis) is 1. The number of pyridine rings is 1. The zero-order chi connectivity index (χ0) is 11.4. The molecule has 0 aromatic carbocycles. The molecule has 16 heavy (non-hydrogen) atoms. The van der Waals surface area contributed by atoms with Crippen LogP contribution in [-0.2, 0) is 11.3 Å². The molecule has 5 nitrogen and oxygen atoms in total. The summed E-state index contributed by atoms with van der Waals surface area (Å²) in [7, 11) is 0. The molecule has 5 heteroatoms.